The summed E-state index contributed by atoms with van der Waals surface area (Å²) in [5.74, 6) is 1.24. The van der Waals surface area contributed by atoms with Crippen molar-refractivity contribution in [2.45, 2.75) is 50.3 Å². The van der Waals surface area contributed by atoms with Crippen molar-refractivity contribution >= 4 is 91.4 Å². The lowest BCUT2D eigenvalue weighted by Gasteiger charge is -2.05. The molecular formula is C23H25I3OS. The molecule has 0 aliphatic rings. The van der Waals surface area contributed by atoms with Crippen LogP contribution in [-0.4, -0.2) is 11.5 Å². The van der Waals surface area contributed by atoms with Crippen LogP contribution >= 0.6 is 79.5 Å². The van der Waals surface area contributed by atoms with Gasteiger partial charge < -0.3 is 0 Å². The Balaban J connectivity index is 1.83. The molecule has 0 heterocycles. The van der Waals surface area contributed by atoms with Gasteiger partial charge >= 0.3 is 0 Å². The number of hydrogen-bond donors (Lipinski definition) is 0. The van der Waals surface area contributed by atoms with Gasteiger partial charge in [0.25, 0.3) is 0 Å². The van der Waals surface area contributed by atoms with Gasteiger partial charge in [-0.2, -0.15) is 0 Å². The number of thioether (sulfide) groups is 1. The number of ketones is 1. The van der Waals surface area contributed by atoms with Crippen molar-refractivity contribution in [2.24, 2.45) is 0 Å². The molecule has 0 unspecified atom stereocenters. The first kappa shape index (κ1) is 24.7. The number of unbranched alkanes of at least 4 members (excludes halogenated alkanes) is 5. The van der Waals surface area contributed by atoms with E-state index in [0.29, 0.717) is 0 Å². The number of hydrogen-bond acceptors (Lipinski definition) is 2. The van der Waals surface area contributed by atoms with E-state index in [0.717, 1.165) is 18.3 Å². The molecule has 150 valence electrons. The molecule has 2 aromatic carbocycles. The Morgan fingerprint density at radius 1 is 0.893 bits per heavy atom. The van der Waals surface area contributed by atoms with Gasteiger partial charge in [-0.05, 0) is 116 Å². The average molecular weight is 730 g/mol. The normalized spacial score (nSPS) is 11.3. The van der Waals surface area contributed by atoms with Gasteiger partial charge in [-0.15, -0.1) is 11.8 Å². The molecule has 0 radical (unpaired) electrons. The van der Waals surface area contributed by atoms with Crippen molar-refractivity contribution in [1.82, 2.24) is 0 Å². The maximum Gasteiger partial charge on any atom is 0.186 e. The summed E-state index contributed by atoms with van der Waals surface area (Å²) in [5.41, 5.74) is 1.83. The Morgan fingerprint density at radius 3 is 2.29 bits per heavy atom. The van der Waals surface area contributed by atoms with Gasteiger partial charge in [0, 0.05) is 21.2 Å². The first-order valence-corrected chi connectivity index (χ1v) is 13.8. The van der Waals surface area contributed by atoms with Gasteiger partial charge in [-0.3, -0.25) is 4.79 Å². The summed E-state index contributed by atoms with van der Waals surface area (Å²) in [6, 6.07) is 12.4. The van der Waals surface area contributed by atoms with E-state index in [1.54, 1.807) is 6.08 Å². The Labute approximate surface area is 214 Å². The lowest BCUT2D eigenvalue weighted by molar-refractivity contribution is 0.104. The second kappa shape index (κ2) is 13.6. The van der Waals surface area contributed by atoms with Crippen LogP contribution < -0.4 is 0 Å². The Bertz CT molecular complexity index is 800. The van der Waals surface area contributed by atoms with E-state index in [9.17, 15) is 4.79 Å². The predicted octanol–water partition coefficient (Wildman–Crippen LogP) is 8.85. The van der Waals surface area contributed by atoms with E-state index in [1.165, 1.54) is 52.7 Å². The molecule has 0 saturated carbocycles. The number of rotatable bonds is 11. The van der Waals surface area contributed by atoms with Gasteiger partial charge in [-0.25, -0.2) is 0 Å². The third-order valence-electron chi connectivity index (χ3n) is 4.37. The van der Waals surface area contributed by atoms with E-state index in [2.05, 4.69) is 99.0 Å². The molecule has 0 atom stereocenters. The fourth-order valence-corrected chi connectivity index (χ4v) is 5.81. The zero-order valence-corrected chi connectivity index (χ0v) is 23.3. The highest BCUT2D eigenvalue weighted by molar-refractivity contribution is 14.1. The summed E-state index contributed by atoms with van der Waals surface area (Å²) in [7, 11) is 0. The summed E-state index contributed by atoms with van der Waals surface area (Å²) in [5, 5.41) is 0. The van der Waals surface area contributed by atoms with Gasteiger partial charge in [0.1, 0.15) is 0 Å². The van der Waals surface area contributed by atoms with E-state index in [-0.39, 0.29) is 5.78 Å². The Hall–Kier alpha value is 0.390. The van der Waals surface area contributed by atoms with E-state index < -0.39 is 0 Å². The summed E-state index contributed by atoms with van der Waals surface area (Å²) >= 11 is 8.78. The van der Waals surface area contributed by atoms with Crippen molar-refractivity contribution in [1.29, 1.82) is 0 Å². The van der Waals surface area contributed by atoms with E-state index >= 15 is 0 Å². The smallest absolute Gasteiger partial charge is 0.186 e. The van der Waals surface area contributed by atoms with Crippen LogP contribution in [-0.2, 0) is 0 Å². The standard InChI is InChI=1S/C23H25I3OS/c1-2-3-4-5-6-7-16-28-18-11-8-17(9-12-18)10-15-21(27)19-13-14-20(24)23(26)22(19)25/h8-15H,2-7,16H2,1H3/b15-10+. The minimum absolute atomic E-state index is 0.0558. The Morgan fingerprint density at radius 2 is 1.57 bits per heavy atom. The number of halogens is 3. The van der Waals surface area contributed by atoms with Crippen molar-refractivity contribution in [3.63, 3.8) is 0 Å². The third kappa shape index (κ3) is 8.26. The molecule has 0 amide bonds. The minimum Gasteiger partial charge on any atom is -0.289 e. The molecular weight excluding hydrogens is 705 g/mol. The monoisotopic (exact) mass is 730 g/mol. The number of carbonyl (C=O) groups excluding carboxylic acids is 1. The molecule has 2 rings (SSSR count). The predicted molar refractivity (Wildman–Crippen MR) is 148 cm³/mol. The van der Waals surface area contributed by atoms with E-state index in [1.807, 2.05) is 30.0 Å². The molecule has 0 aliphatic carbocycles. The average Bonchev–Trinajstić information content (AvgIpc) is 2.70. The first-order valence-electron chi connectivity index (χ1n) is 9.61. The minimum atomic E-state index is 0.0558. The van der Waals surface area contributed by atoms with Crippen molar-refractivity contribution < 1.29 is 4.79 Å². The van der Waals surface area contributed by atoms with Gasteiger partial charge in [0.05, 0.1) is 0 Å². The topological polar surface area (TPSA) is 17.1 Å². The maximum absolute atomic E-state index is 12.5. The van der Waals surface area contributed by atoms with Crippen LogP contribution in [0.25, 0.3) is 6.08 Å². The summed E-state index contributed by atoms with van der Waals surface area (Å²) in [6.07, 6.45) is 11.6. The van der Waals surface area contributed by atoms with Crippen LogP contribution in [0.2, 0.25) is 0 Å². The second-order valence-corrected chi connectivity index (χ2v) is 11.1. The summed E-state index contributed by atoms with van der Waals surface area (Å²) in [6.45, 7) is 2.26. The number of allylic oxidation sites excluding steroid dienone is 1. The zero-order valence-electron chi connectivity index (χ0n) is 16.0. The third-order valence-corrected chi connectivity index (χ3v) is 10.7. The van der Waals surface area contributed by atoms with Gasteiger partial charge in [0.15, 0.2) is 5.78 Å². The van der Waals surface area contributed by atoms with E-state index in [4.69, 9.17) is 0 Å². The number of benzene rings is 2. The quantitative estimate of drug-likeness (QED) is 0.0575. The van der Waals surface area contributed by atoms with Crippen LogP contribution in [0.5, 0.6) is 0 Å². The van der Waals surface area contributed by atoms with Crippen LogP contribution in [0.3, 0.4) is 0 Å². The fraction of sp³-hybridized carbons (Fsp3) is 0.348. The molecule has 2 aromatic rings. The zero-order chi connectivity index (χ0) is 20.4. The lowest BCUT2D eigenvalue weighted by Crippen LogP contribution is -2.01. The summed E-state index contributed by atoms with van der Waals surface area (Å²) < 4.78 is 3.35. The van der Waals surface area contributed by atoms with Crippen molar-refractivity contribution in [3.8, 4) is 0 Å². The molecule has 0 aliphatic heterocycles. The highest BCUT2D eigenvalue weighted by Gasteiger charge is 2.11. The highest BCUT2D eigenvalue weighted by atomic mass is 127. The van der Waals surface area contributed by atoms with Crippen LogP contribution in [0.4, 0.5) is 0 Å². The molecule has 1 nitrogen and oxygen atoms in total. The van der Waals surface area contributed by atoms with Crippen LogP contribution in [0.15, 0.2) is 47.4 Å². The Kier molecular flexibility index (Phi) is 12.0. The molecule has 0 aromatic heterocycles. The van der Waals surface area contributed by atoms with Crippen molar-refractivity contribution in [2.75, 3.05) is 5.75 Å². The van der Waals surface area contributed by atoms with Gasteiger partial charge in [0.2, 0.25) is 0 Å². The second-order valence-electron chi connectivity index (χ2n) is 6.61. The van der Waals surface area contributed by atoms with Crippen LogP contribution in [0.1, 0.15) is 61.4 Å². The molecule has 28 heavy (non-hydrogen) atoms. The first-order chi connectivity index (χ1) is 13.5. The molecule has 0 N–H and O–H groups in total. The summed E-state index contributed by atoms with van der Waals surface area (Å²) in [4.78, 5) is 13.8. The lowest BCUT2D eigenvalue weighted by atomic mass is 10.1. The van der Waals surface area contributed by atoms with Gasteiger partial charge in [-0.1, -0.05) is 57.2 Å². The highest BCUT2D eigenvalue weighted by Crippen LogP contribution is 2.25. The molecule has 5 heteroatoms. The van der Waals surface area contributed by atoms with Crippen LogP contribution in [0, 0.1) is 10.7 Å². The number of carbonyl (C=O) groups is 1. The molecule has 0 spiro atoms. The fourth-order valence-electron chi connectivity index (χ4n) is 2.73. The molecule has 0 bridgehead atoms. The molecule has 0 fully saturated rings. The van der Waals surface area contributed by atoms with Crippen molar-refractivity contribution in [3.05, 3.63) is 64.3 Å². The SMILES string of the molecule is CCCCCCCCSc1ccc(/C=C/C(=O)c2ccc(I)c(I)c2I)cc1. The molecule has 0 saturated heterocycles. The maximum atomic E-state index is 12.5. The largest absolute Gasteiger partial charge is 0.289 e.